The van der Waals surface area contributed by atoms with Crippen LogP contribution in [0.25, 0.3) is 88.7 Å². The normalized spacial score (nSPS) is 15.7. The van der Waals surface area contributed by atoms with Crippen LogP contribution in [0.1, 0.15) is 74.4 Å². The third-order valence-corrected chi connectivity index (χ3v) is 15.2. The quantitative estimate of drug-likeness (QED) is 0.161. The molecule has 4 heteroatoms. The number of oxazole rings is 1. The smallest absolute Gasteiger partial charge is 0.227 e. The number of allylic oxidation sites excluding steroid dienone is 5. The van der Waals surface area contributed by atoms with Gasteiger partial charge in [-0.15, -0.1) is 0 Å². The Hall–Kier alpha value is -8.21. The van der Waals surface area contributed by atoms with Crippen molar-refractivity contribution >= 4 is 83.2 Å². The van der Waals surface area contributed by atoms with Gasteiger partial charge < -0.3 is 13.9 Å². The molecule has 0 amide bonds. The van der Waals surface area contributed by atoms with Gasteiger partial charge in [-0.05, 0) is 158 Å². The Kier molecular flexibility index (Phi) is 9.88. The maximum atomic E-state index is 6.54. The zero-order valence-corrected chi connectivity index (χ0v) is 40.1. The van der Waals surface area contributed by atoms with Crippen molar-refractivity contribution in [3.63, 3.8) is 0 Å². The summed E-state index contributed by atoms with van der Waals surface area (Å²) in [6, 6.07) is 64.6. The fraction of sp³-hybridized carbons (Fsp3) is 0.136. The highest BCUT2D eigenvalue weighted by molar-refractivity contribution is 6.15. The van der Waals surface area contributed by atoms with Crippen molar-refractivity contribution in [3.05, 3.63) is 228 Å². The van der Waals surface area contributed by atoms with E-state index in [1.807, 2.05) is 32.0 Å². The van der Waals surface area contributed by atoms with Gasteiger partial charge in [0.15, 0.2) is 5.58 Å². The number of aryl methyl sites for hydroxylation is 1. The average Bonchev–Trinajstić information content (AvgIpc) is 3.99. The van der Waals surface area contributed by atoms with Gasteiger partial charge >= 0.3 is 0 Å². The first kappa shape index (κ1) is 41.9. The van der Waals surface area contributed by atoms with E-state index in [9.17, 15) is 0 Å². The van der Waals surface area contributed by atoms with Crippen LogP contribution < -0.4 is 4.90 Å². The minimum atomic E-state index is -0.210. The summed E-state index contributed by atoms with van der Waals surface area (Å²) in [6.45, 7) is 8.73. The third kappa shape index (κ3) is 6.54. The van der Waals surface area contributed by atoms with E-state index >= 15 is 0 Å². The molecule has 1 unspecified atom stereocenters. The van der Waals surface area contributed by atoms with Crippen LogP contribution >= 0.6 is 0 Å². The van der Waals surface area contributed by atoms with Crippen LogP contribution in [0.4, 0.5) is 17.1 Å². The molecule has 14 rings (SSSR count). The highest BCUT2D eigenvalue weighted by Gasteiger charge is 2.37. The Morgan fingerprint density at radius 1 is 0.557 bits per heavy atom. The van der Waals surface area contributed by atoms with E-state index in [1.165, 1.54) is 88.3 Å². The van der Waals surface area contributed by atoms with Gasteiger partial charge in [-0.2, -0.15) is 0 Å². The van der Waals surface area contributed by atoms with E-state index in [0.29, 0.717) is 5.89 Å². The molecule has 1 atom stereocenters. The number of fused-ring (bicyclic) bond motifs is 12. The number of anilines is 3. The summed E-state index contributed by atoms with van der Waals surface area (Å²) in [5, 5.41) is 7.75. The van der Waals surface area contributed by atoms with E-state index in [1.54, 1.807) is 0 Å². The number of nitrogens with zero attached hydrogens (tertiary/aromatic N) is 3. The summed E-state index contributed by atoms with van der Waals surface area (Å²) in [5.41, 5.74) is 18.8. The van der Waals surface area contributed by atoms with Crippen LogP contribution in [-0.4, -0.2) is 9.55 Å². The fourth-order valence-electron chi connectivity index (χ4n) is 11.8. The average molecular weight is 904 g/mol. The van der Waals surface area contributed by atoms with Crippen molar-refractivity contribution in [2.45, 2.75) is 58.4 Å². The van der Waals surface area contributed by atoms with Gasteiger partial charge in [0.05, 0.1) is 22.9 Å². The third-order valence-electron chi connectivity index (χ3n) is 15.2. The summed E-state index contributed by atoms with van der Waals surface area (Å²) in [4.78, 5) is 7.48. The molecule has 0 fully saturated rings. The van der Waals surface area contributed by atoms with E-state index in [4.69, 9.17) is 9.40 Å². The number of aromatic nitrogens is 2. The highest BCUT2D eigenvalue weighted by atomic mass is 16.3. The molecule has 70 heavy (non-hydrogen) atoms. The standard InChI is InChI=1S/C64H47N3O.C2H6/c1-64(2)55-23-13-14-24-59(55)67(45-17-7-4-8-18-45)60-34-29-44(37-56(60)64)43-28-33-58-53(36-43)54-38-62-57(65-63(68-62)41-15-5-3-6-16-41)39-61(54)66(58)46-30-25-40(26-31-46)42-27-32-51-49-21-10-9-19-47(49)48-20-11-12-22-50(48)52(51)35-42;1-2/h3-8,10-18,20-30,32-39,46H,9,19,31H2,1-2H3;1-2H3. The number of rotatable bonds is 5. The van der Waals surface area contributed by atoms with E-state index in [0.717, 1.165) is 52.5 Å². The lowest BCUT2D eigenvalue weighted by Gasteiger charge is -2.42. The van der Waals surface area contributed by atoms with Crippen LogP contribution in [0, 0.1) is 0 Å². The summed E-state index contributed by atoms with van der Waals surface area (Å²) >= 11 is 0. The van der Waals surface area contributed by atoms with E-state index in [2.05, 4.69) is 211 Å². The Labute approximate surface area is 409 Å². The van der Waals surface area contributed by atoms with Gasteiger partial charge in [0.25, 0.3) is 0 Å². The van der Waals surface area contributed by atoms with Crippen molar-refractivity contribution in [1.29, 1.82) is 0 Å². The molecule has 4 nitrogen and oxygen atoms in total. The van der Waals surface area contributed by atoms with Crippen LogP contribution in [-0.2, 0) is 11.8 Å². The molecule has 0 saturated heterocycles. The van der Waals surface area contributed by atoms with Gasteiger partial charge in [-0.1, -0.05) is 161 Å². The van der Waals surface area contributed by atoms with Crippen molar-refractivity contribution in [1.82, 2.24) is 9.55 Å². The first-order valence-electron chi connectivity index (χ1n) is 25.0. The van der Waals surface area contributed by atoms with Gasteiger partial charge in [-0.3, -0.25) is 0 Å². The second-order valence-electron chi connectivity index (χ2n) is 19.3. The first-order chi connectivity index (χ1) is 34.5. The monoisotopic (exact) mass is 903 g/mol. The molecule has 1 aliphatic heterocycles. The summed E-state index contributed by atoms with van der Waals surface area (Å²) in [6.07, 6.45) is 14.9. The van der Waals surface area contributed by atoms with Gasteiger partial charge in [0.2, 0.25) is 5.89 Å². The van der Waals surface area contributed by atoms with Crippen LogP contribution in [0.2, 0.25) is 0 Å². The molecule has 3 heterocycles. The topological polar surface area (TPSA) is 34.2 Å². The summed E-state index contributed by atoms with van der Waals surface area (Å²) < 4.78 is 9.07. The SMILES string of the molecule is CC.CC1(C)c2ccccc2N(c2ccccc2)c2ccc(-c3ccc4c(c3)c3cc5oc(-c6ccccc6)nc5cc3n4C3C=CC(c4ccc5c6c(c7ccccc7c5c4)CCC=C6)=CC3)cc21. The Morgan fingerprint density at radius 2 is 1.26 bits per heavy atom. The molecule has 338 valence electrons. The fourth-order valence-corrected chi connectivity index (χ4v) is 11.8. The molecule has 9 aromatic carbocycles. The zero-order chi connectivity index (χ0) is 47.1. The first-order valence-corrected chi connectivity index (χ1v) is 25.0. The van der Waals surface area contributed by atoms with E-state index in [-0.39, 0.29) is 11.5 Å². The molecule has 0 spiro atoms. The van der Waals surface area contributed by atoms with Gasteiger partial charge in [-0.25, -0.2) is 4.98 Å². The minimum absolute atomic E-state index is 0.106. The molecule has 11 aromatic rings. The lowest BCUT2D eigenvalue weighted by atomic mass is 9.73. The molecule has 0 bridgehead atoms. The highest BCUT2D eigenvalue weighted by Crippen LogP contribution is 2.53. The molecular weight excluding hydrogens is 851 g/mol. The second-order valence-corrected chi connectivity index (χ2v) is 19.3. The number of para-hydroxylation sites is 2. The number of benzene rings is 9. The molecular formula is C66H53N3O. The molecule has 2 aliphatic carbocycles. The zero-order valence-electron chi connectivity index (χ0n) is 40.1. The lowest BCUT2D eigenvalue weighted by molar-refractivity contribution is 0.620. The Balaban J connectivity index is 0.00000237. The molecule has 0 radical (unpaired) electrons. The molecule has 0 saturated carbocycles. The van der Waals surface area contributed by atoms with Gasteiger partial charge in [0.1, 0.15) is 5.52 Å². The Morgan fingerprint density at radius 3 is 2.09 bits per heavy atom. The number of hydrogen-bond acceptors (Lipinski definition) is 3. The number of hydrogen-bond donors (Lipinski definition) is 0. The van der Waals surface area contributed by atoms with E-state index < -0.39 is 0 Å². The lowest BCUT2D eigenvalue weighted by Crippen LogP contribution is -2.30. The Bertz CT molecular complexity index is 3980. The van der Waals surface area contributed by atoms with Crippen molar-refractivity contribution in [2.75, 3.05) is 4.90 Å². The largest absolute Gasteiger partial charge is 0.436 e. The van der Waals surface area contributed by atoms with Crippen molar-refractivity contribution < 1.29 is 4.42 Å². The molecule has 3 aliphatic rings. The second kappa shape index (κ2) is 16.5. The van der Waals surface area contributed by atoms with Crippen molar-refractivity contribution in [2.24, 2.45) is 0 Å². The van der Waals surface area contributed by atoms with Crippen molar-refractivity contribution in [3.8, 4) is 22.6 Å². The van der Waals surface area contributed by atoms with Crippen LogP contribution in [0.15, 0.2) is 205 Å². The maximum Gasteiger partial charge on any atom is 0.227 e. The minimum Gasteiger partial charge on any atom is -0.436 e. The van der Waals surface area contributed by atoms with Crippen LogP contribution in [0.3, 0.4) is 0 Å². The predicted octanol–water partition coefficient (Wildman–Crippen LogP) is 18.3. The van der Waals surface area contributed by atoms with Gasteiger partial charge in [0, 0.05) is 33.0 Å². The summed E-state index contributed by atoms with van der Waals surface area (Å²) in [7, 11) is 0. The molecule has 2 aromatic heterocycles. The summed E-state index contributed by atoms with van der Waals surface area (Å²) in [5.74, 6) is 0.637. The maximum absolute atomic E-state index is 6.54. The molecule has 0 N–H and O–H groups in total. The predicted molar refractivity (Wildman–Crippen MR) is 296 cm³/mol. The van der Waals surface area contributed by atoms with Crippen LogP contribution in [0.5, 0.6) is 0 Å².